The van der Waals surface area contributed by atoms with Gasteiger partial charge in [0.2, 0.25) is 5.91 Å². The molecule has 0 aliphatic heterocycles. The van der Waals surface area contributed by atoms with E-state index in [9.17, 15) is 9.59 Å². The Labute approximate surface area is 127 Å². The van der Waals surface area contributed by atoms with Crippen LogP contribution in [0.1, 0.15) is 31.2 Å². The Morgan fingerprint density at radius 3 is 2.30 bits per heavy atom. The van der Waals surface area contributed by atoms with Gasteiger partial charge in [0.15, 0.2) is 0 Å². The van der Waals surface area contributed by atoms with Crippen LogP contribution in [0.2, 0.25) is 10.0 Å². The summed E-state index contributed by atoms with van der Waals surface area (Å²) in [4.78, 5) is 22.9. The zero-order valence-corrected chi connectivity index (χ0v) is 12.3. The summed E-state index contributed by atoms with van der Waals surface area (Å²) in [7, 11) is 0. The molecule has 2 N–H and O–H groups in total. The number of amides is 1. The molecule has 0 radical (unpaired) electrons. The second-order valence-electron chi connectivity index (χ2n) is 5.13. The molecule has 0 aromatic heterocycles. The summed E-state index contributed by atoms with van der Waals surface area (Å²) in [6.07, 6.45) is 2.33. The van der Waals surface area contributed by atoms with Gasteiger partial charge < -0.3 is 10.4 Å². The average molecular weight is 316 g/mol. The molecule has 1 aromatic carbocycles. The molecule has 20 heavy (non-hydrogen) atoms. The fourth-order valence-corrected chi connectivity index (χ4v) is 2.97. The van der Waals surface area contributed by atoms with E-state index in [2.05, 4.69) is 5.32 Å². The van der Waals surface area contributed by atoms with Crippen LogP contribution in [0, 0.1) is 0 Å². The Balaban J connectivity index is 2.04. The molecule has 6 heteroatoms. The highest BCUT2D eigenvalue weighted by atomic mass is 35.5. The molecule has 0 spiro atoms. The maximum Gasteiger partial charge on any atom is 0.305 e. The lowest BCUT2D eigenvalue weighted by molar-refractivity contribution is -0.140. The number of aliphatic carboxylic acids is 1. The Morgan fingerprint density at radius 1 is 1.25 bits per heavy atom. The number of hydrogen-bond donors (Lipinski definition) is 2. The van der Waals surface area contributed by atoms with Crippen molar-refractivity contribution >= 4 is 35.1 Å². The van der Waals surface area contributed by atoms with Crippen LogP contribution >= 0.6 is 23.2 Å². The third kappa shape index (κ3) is 3.44. The zero-order chi connectivity index (χ0) is 14.8. The average Bonchev–Trinajstić information content (AvgIpc) is 2.30. The summed E-state index contributed by atoms with van der Waals surface area (Å²) < 4.78 is 0. The van der Waals surface area contributed by atoms with E-state index < -0.39 is 11.5 Å². The number of nitrogens with one attached hydrogen (secondary N) is 1. The monoisotopic (exact) mass is 315 g/mol. The Kier molecular flexibility index (Phi) is 4.55. The molecule has 1 saturated carbocycles. The van der Waals surface area contributed by atoms with Crippen molar-refractivity contribution in [1.29, 1.82) is 0 Å². The normalized spacial score (nSPS) is 16.3. The van der Waals surface area contributed by atoms with Crippen LogP contribution in [0.5, 0.6) is 0 Å². The highest BCUT2D eigenvalue weighted by Gasteiger charge is 2.40. The van der Waals surface area contributed by atoms with E-state index in [4.69, 9.17) is 28.3 Å². The molecule has 2 rings (SSSR count). The van der Waals surface area contributed by atoms with Crippen LogP contribution in [0.4, 0.5) is 0 Å². The molecule has 0 unspecified atom stereocenters. The maximum atomic E-state index is 12.1. The van der Waals surface area contributed by atoms with E-state index in [1.807, 2.05) is 0 Å². The molecular formula is C14H15Cl2NO3. The fourth-order valence-electron chi connectivity index (χ4n) is 2.44. The minimum absolute atomic E-state index is 0.0466. The summed E-state index contributed by atoms with van der Waals surface area (Å²) >= 11 is 12.0. The molecule has 1 aliphatic carbocycles. The number of carbonyl (C=O) groups is 2. The first kappa shape index (κ1) is 15.1. The molecule has 1 aromatic rings. The van der Waals surface area contributed by atoms with Crippen molar-refractivity contribution in [3.63, 3.8) is 0 Å². The summed E-state index contributed by atoms with van der Waals surface area (Å²) in [6, 6.07) is 5.06. The number of carbonyl (C=O) groups excluding carboxylic acids is 1. The lowest BCUT2D eigenvalue weighted by atomic mass is 9.74. The first-order chi connectivity index (χ1) is 9.42. The van der Waals surface area contributed by atoms with Gasteiger partial charge in [-0.05, 0) is 37.0 Å². The highest BCUT2D eigenvalue weighted by molar-refractivity contribution is 6.36. The Morgan fingerprint density at radius 2 is 1.85 bits per heavy atom. The molecule has 0 saturated heterocycles. The smallest absolute Gasteiger partial charge is 0.305 e. The number of hydrogen-bond acceptors (Lipinski definition) is 2. The van der Waals surface area contributed by atoms with Crippen LogP contribution < -0.4 is 5.32 Å². The van der Waals surface area contributed by atoms with Crippen LogP contribution in [0.15, 0.2) is 18.2 Å². The second kappa shape index (κ2) is 6.02. The van der Waals surface area contributed by atoms with E-state index in [1.165, 1.54) is 0 Å². The first-order valence-electron chi connectivity index (χ1n) is 6.38. The quantitative estimate of drug-likeness (QED) is 0.877. The predicted molar refractivity (Wildman–Crippen MR) is 77.1 cm³/mol. The van der Waals surface area contributed by atoms with Gasteiger partial charge in [-0.2, -0.15) is 0 Å². The van der Waals surface area contributed by atoms with Crippen LogP contribution in [0.25, 0.3) is 0 Å². The third-order valence-corrected chi connectivity index (χ3v) is 4.31. The highest BCUT2D eigenvalue weighted by Crippen LogP contribution is 2.35. The number of halogens is 2. The van der Waals surface area contributed by atoms with Crippen molar-refractivity contribution in [1.82, 2.24) is 5.32 Å². The van der Waals surface area contributed by atoms with E-state index in [0.29, 0.717) is 28.5 Å². The molecule has 0 atom stereocenters. The lowest BCUT2D eigenvalue weighted by Crippen LogP contribution is -2.55. The lowest BCUT2D eigenvalue weighted by Gasteiger charge is -2.41. The Hall–Kier alpha value is -1.26. The van der Waals surface area contributed by atoms with E-state index >= 15 is 0 Å². The second-order valence-corrected chi connectivity index (χ2v) is 5.94. The molecule has 108 valence electrons. The van der Waals surface area contributed by atoms with Gasteiger partial charge in [0.1, 0.15) is 0 Å². The van der Waals surface area contributed by atoms with Gasteiger partial charge in [0, 0.05) is 10.0 Å². The van der Waals surface area contributed by atoms with Gasteiger partial charge in [-0.25, -0.2) is 0 Å². The first-order valence-corrected chi connectivity index (χ1v) is 7.13. The van der Waals surface area contributed by atoms with Crippen molar-refractivity contribution in [3.05, 3.63) is 33.8 Å². The minimum atomic E-state index is -0.902. The van der Waals surface area contributed by atoms with Crippen molar-refractivity contribution in [2.45, 2.75) is 37.6 Å². The standard InChI is InChI=1S/C14H15Cl2NO3/c15-10-3-1-4-11(16)9(10)7-12(18)17-14(5-2-6-14)8-13(19)20/h1,3-4H,2,5-8H2,(H,17,18)(H,19,20). The topological polar surface area (TPSA) is 66.4 Å². The van der Waals surface area contributed by atoms with Crippen LogP contribution in [-0.4, -0.2) is 22.5 Å². The molecular weight excluding hydrogens is 301 g/mol. The van der Waals surface area contributed by atoms with Crippen molar-refractivity contribution in [2.75, 3.05) is 0 Å². The fraction of sp³-hybridized carbons (Fsp3) is 0.429. The molecule has 4 nitrogen and oxygen atoms in total. The molecule has 1 aliphatic rings. The molecule has 1 amide bonds. The number of benzene rings is 1. The summed E-state index contributed by atoms with van der Waals surface area (Å²) in [5, 5.41) is 12.6. The maximum absolute atomic E-state index is 12.1. The van der Waals surface area contributed by atoms with Crippen molar-refractivity contribution in [3.8, 4) is 0 Å². The van der Waals surface area contributed by atoms with Crippen molar-refractivity contribution in [2.24, 2.45) is 0 Å². The zero-order valence-electron chi connectivity index (χ0n) is 10.8. The number of carboxylic acid groups (broad SMARTS) is 1. The van der Waals surface area contributed by atoms with Gasteiger partial charge in [-0.3, -0.25) is 9.59 Å². The summed E-state index contributed by atoms with van der Waals surface area (Å²) in [6.45, 7) is 0. The molecule has 0 heterocycles. The van der Waals surface area contributed by atoms with E-state index in [0.717, 1.165) is 6.42 Å². The Bertz CT molecular complexity index is 521. The van der Waals surface area contributed by atoms with Gasteiger partial charge >= 0.3 is 5.97 Å². The largest absolute Gasteiger partial charge is 0.481 e. The number of rotatable bonds is 5. The third-order valence-electron chi connectivity index (χ3n) is 3.60. The van der Waals surface area contributed by atoms with Crippen LogP contribution in [0.3, 0.4) is 0 Å². The van der Waals surface area contributed by atoms with Gasteiger partial charge in [-0.15, -0.1) is 0 Å². The summed E-state index contributed by atoms with van der Waals surface area (Å²) in [5.41, 5.74) is -0.0328. The van der Waals surface area contributed by atoms with Gasteiger partial charge in [0.25, 0.3) is 0 Å². The summed E-state index contributed by atoms with van der Waals surface area (Å²) in [5.74, 6) is -1.15. The predicted octanol–water partition coefficient (Wildman–Crippen LogP) is 3.05. The SMILES string of the molecule is O=C(O)CC1(NC(=O)Cc2c(Cl)cccc2Cl)CCC1. The number of carboxylic acids is 1. The van der Waals surface area contributed by atoms with Gasteiger partial charge in [-0.1, -0.05) is 29.3 Å². The van der Waals surface area contributed by atoms with E-state index in [1.54, 1.807) is 18.2 Å². The molecule has 0 bridgehead atoms. The minimum Gasteiger partial charge on any atom is -0.481 e. The van der Waals surface area contributed by atoms with Gasteiger partial charge in [0.05, 0.1) is 18.4 Å². The molecule has 1 fully saturated rings. The van der Waals surface area contributed by atoms with E-state index in [-0.39, 0.29) is 18.7 Å². The van der Waals surface area contributed by atoms with Crippen LogP contribution in [-0.2, 0) is 16.0 Å². The van der Waals surface area contributed by atoms with Crippen molar-refractivity contribution < 1.29 is 14.7 Å².